The van der Waals surface area contributed by atoms with E-state index in [1.165, 1.54) is 11.8 Å². The number of hydrogen-bond donors (Lipinski definition) is 3. The third kappa shape index (κ3) is 2.22. The molecule has 0 aliphatic heterocycles. The van der Waals surface area contributed by atoms with Crippen molar-refractivity contribution in [3.8, 4) is 11.3 Å². The van der Waals surface area contributed by atoms with Crippen LogP contribution in [0.15, 0.2) is 59.5 Å². The van der Waals surface area contributed by atoms with Crippen LogP contribution in [0.5, 0.6) is 0 Å². The Balaban J connectivity index is 2.26. The molecule has 0 aliphatic rings. The van der Waals surface area contributed by atoms with E-state index in [0.29, 0.717) is 5.17 Å². The van der Waals surface area contributed by atoms with Crippen LogP contribution in [-0.2, 0) is 0 Å². The van der Waals surface area contributed by atoms with Crippen molar-refractivity contribution in [2.24, 2.45) is 5.73 Å². The molecule has 0 fully saturated rings. The SMILES string of the molecule is NC(=[NH2+])Sc1c(-c2ccccc2)[nH]c2ccccc12. The second kappa shape index (κ2) is 4.82. The average molecular weight is 268 g/mol. The van der Waals surface area contributed by atoms with Gasteiger partial charge in [0.1, 0.15) is 0 Å². The first-order valence-corrected chi connectivity index (χ1v) is 6.79. The van der Waals surface area contributed by atoms with E-state index in [9.17, 15) is 0 Å². The Morgan fingerprint density at radius 1 is 1.00 bits per heavy atom. The molecule has 4 heteroatoms. The molecule has 0 unspecified atom stereocenters. The van der Waals surface area contributed by atoms with Crippen LogP contribution >= 0.6 is 11.8 Å². The van der Waals surface area contributed by atoms with Crippen LogP contribution < -0.4 is 11.1 Å². The lowest BCUT2D eigenvalue weighted by Gasteiger charge is -2.01. The highest BCUT2D eigenvalue weighted by Gasteiger charge is 2.15. The Labute approximate surface area is 115 Å². The van der Waals surface area contributed by atoms with Crippen LogP contribution in [0.2, 0.25) is 0 Å². The van der Waals surface area contributed by atoms with Crippen LogP contribution in [-0.4, -0.2) is 10.2 Å². The summed E-state index contributed by atoms with van der Waals surface area (Å²) in [4.78, 5) is 4.51. The van der Waals surface area contributed by atoms with Gasteiger partial charge < -0.3 is 4.98 Å². The summed E-state index contributed by atoms with van der Waals surface area (Å²) in [7, 11) is 0. The Hall–Kier alpha value is -2.20. The predicted molar refractivity (Wildman–Crippen MR) is 80.7 cm³/mol. The molecule has 0 amide bonds. The quantitative estimate of drug-likeness (QED) is 0.378. The minimum atomic E-state index is 0.349. The van der Waals surface area contributed by atoms with Gasteiger partial charge >= 0.3 is 5.17 Å². The maximum atomic E-state index is 5.67. The summed E-state index contributed by atoms with van der Waals surface area (Å²) >= 11 is 1.40. The molecule has 0 saturated carbocycles. The first-order chi connectivity index (χ1) is 9.25. The summed E-state index contributed by atoms with van der Waals surface area (Å²) in [5, 5.41) is 7.15. The molecule has 19 heavy (non-hydrogen) atoms. The number of para-hydroxylation sites is 1. The van der Waals surface area contributed by atoms with Crippen LogP contribution in [0.4, 0.5) is 0 Å². The summed E-state index contributed by atoms with van der Waals surface area (Å²) in [6.45, 7) is 0. The molecule has 94 valence electrons. The number of benzene rings is 2. The van der Waals surface area contributed by atoms with Crippen molar-refractivity contribution in [1.29, 1.82) is 0 Å². The fourth-order valence-electron chi connectivity index (χ4n) is 2.15. The molecule has 2 aromatic carbocycles. The molecule has 1 heterocycles. The average Bonchev–Trinajstić information content (AvgIpc) is 2.78. The van der Waals surface area contributed by atoms with E-state index in [4.69, 9.17) is 11.1 Å². The zero-order valence-corrected chi connectivity index (χ0v) is 11.1. The van der Waals surface area contributed by atoms with E-state index in [-0.39, 0.29) is 0 Å². The van der Waals surface area contributed by atoms with E-state index < -0.39 is 0 Å². The monoisotopic (exact) mass is 268 g/mol. The fraction of sp³-hybridized carbons (Fsp3) is 0. The number of hydrogen-bond acceptors (Lipinski definition) is 1. The Bertz CT molecular complexity index is 731. The smallest absolute Gasteiger partial charge is 0.304 e. The number of thioether (sulfide) groups is 1. The van der Waals surface area contributed by atoms with Gasteiger partial charge in [0, 0.05) is 10.9 Å². The number of nitrogens with two attached hydrogens (primary N) is 2. The molecule has 3 nitrogen and oxygen atoms in total. The van der Waals surface area contributed by atoms with E-state index in [2.05, 4.69) is 29.2 Å². The topological polar surface area (TPSA) is 67.4 Å². The molecule has 0 radical (unpaired) electrons. The van der Waals surface area contributed by atoms with Crippen LogP contribution in [0.25, 0.3) is 22.2 Å². The lowest BCUT2D eigenvalue weighted by Crippen LogP contribution is -2.43. The van der Waals surface area contributed by atoms with Crippen molar-refractivity contribution in [3.05, 3.63) is 54.6 Å². The van der Waals surface area contributed by atoms with Crippen molar-refractivity contribution < 1.29 is 5.41 Å². The molecular weight excluding hydrogens is 254 g/mol. The van der Waals surface area contributed by atoms with Crippen molar-refractivity contribution in [2.45, 2.75) is 4.90 Å². The van der Waals surface area contributed by atoms with Gasteiger partial charge in [0.25, 0.3) is 0 Å². The maximum absolute atomic E-state index is 5.67. The maximum Gasteiger partial charge on any atom is 0.304 e. The number of fused-ring (bicyclic) bond motifs is 1. The second-order valence-electron chi connectivity index (χ2n) is 4.25. The van der Waals surface area contributed by atoms with Gasteiger partial charge in [0.15, 0.2) is 0 Å². The minimum absolute atomic E-state index is 0.349. The number of H-pyrrole nitrogens is 1. The first-order valence-electron chi connectivity index (χ1n) is 5.97. The van der Waals surface area contributed by atoms with E-state index in [1.807, 2.05) is 30.3 Å². The van der Waals surface area contributed by atoms with Gasteiger partial charge in [-0.2, -0.15) is 0 Å². The van der Waals surface area contributed by atoms with Crippen LogP contribution in [0.3, 0.4) is 0 Å². The van der Waals surface area contributed by atoms with Gasteiger partial charge in [-0.15, -0.1) is 0 Å². The summed E-state index contributed by atoms with van der Waals surface area (Å²) < 4.78 is 0. The molecular formula is C15H14N3S+. The van der Waals surface area contributed by atoms with Crippen molar-refractivity contribution in [3.63, 3.8) is 0 Å². The lowest BCUT2D eigenvalue weighted by atomic mass is 10.1. The Kier molecular flexibility index (Phi) is 3.01. The number of aromatic amines is 1. The molecule has 3 rings (SSSR count). The van der Waals surface area contributed by atoms with Gasteiger partial charge in [-0.25, -0.2) is 0 Å². The summed E-state index contributed by atoms with van der Waals surface area (Å²) in [6.07, 6.45) is 0. The summed E-state index contributed by atoms with van der Waals surface area (Å²) in [6, 6.07) is 18.3. The van der Waals surface area contributed by atoms with Gasteiger partial charge in [-0.3, -0.25) is 11.1 Å². The van der Waals surface area contributed by atoms with Gasteiger partial charge in [-0.05, 0) is 23.4 Å². The third-order valence-electron chi connectivity index (χ3n) is 2.94. The lowest BCUT2D eigenvalue weighted by molar-refractivity contribution is -0.110. The molecule has 3 aromatic rings. The van der Waals surface area contributed by atoms with Gasteiger partial charge in [0.05, 0.1) is 10.6 Å². The number of nitrogens with one attached hydrogen (secondary N) is 1. The molecule has 0 spiro atoms. The van der Waals surface area contributed by atoms with E-state index >= 15 is 0 Å². The highest BCUT2D eigenvalue weighted by Crippen LogP contribution is 2.36. The Morgan fingerprint density at radius 2 is 1.68 bits per heavy atom. The molecule has 1 aromatic heterocycles. The normalized spacial score (nSPS) is 10.7. The van der Waals surface area contributed by atoms with Crippen molar-refractivity contribution >= 4 is 27.8 Å². The highest BCUT2D eigenvalue weighted by molar-refractivity contribution is 8.13. The van der Waals surface area contributed by atoms with Crippen molar-refractivity contribution in [2.75, 3.05) is 0 Å². The van der Waals surface area contributed by atoms with Crippen LogP contribution in [0.1, 0.15) is 0 Å². The second-order valence-corrected chi connectivity index (χ2v) is 5.33. The summed E-state index contributed by atoms with van der Waals surface area (Å²) in [5.74, 6) is 0. The predicted octanol–water partition coefficient (Wildman–Crippen LogP) is 2.00. The molecule has 5 N–H and O–H groups in total. The standard InChI is InChI=1S/C15H13N3S/c16-15(17)19-14-11-8-4-5-9-12(11)18-13(14)10-6-2-1-3-7-10/h1-9,18H,(H3,16,17)/p+1. The van der Waals surface area contributed by atoms with Crippen molar-refractivity contribution in [1.82, 2.24) is 4.98 Å². The zero-order chi connectivity index (χ0) is 13.2. The fourth-order valence-corrected chi connectivity index (χ4v) is 2.94. The van der Waals surface area contributed by atoms with Crippen LogP contribution in [0, 0.1) is 0 Å². The Morgan fingerprint density at radius 3 is 2.42 bits per heavy atom. The zero-order valence-electron chi connectivity index (χ0n) is 10.3. The van der Waals surface area contributed by atoms with Gasteiger partial charge in [-0.1, -0.05) is 48.5 Å². The van der Waals surface area contributed by atoms with Gasteiger partial charge in [0.2, 0.25) is 0 Å². The third-order valence-corrected chi connectivity index (χ3v) is 3.80. The number of aromatic nitrogens is 1. The molecule has 0 atom stereocenters. The minimum Gasteiger partial charge on any atom is -0.354 e. The number of rotatable bonds is 2. The molecule has 0 saturated heterocycles. The molecule has 0 bridgehead atoms. The molecule has 0 aliphatic carbocycles. The summed E-state index contributed by atoms with van der Waals surface area (Å²) in [5.41, 5.74) is 8.94. The van der Waals surface area contributed by atoms with E-state index in [0.717, 1.165) is 27.1 Å². The largest absolute Gasteiger partial charge is 0.354 e. The highest BCUT2D eigenvalue weighted by atomic mass is 32.2. The number of amidine groups is 1. The first kappa shape index (κ1) is 11.9. The van der Waals surface area contributed by atoms with E-state index in [1.54, 1.807) is 0 Å².